The Bertz CT molecular complexity index is 1310. The van der Waals surface area contributed by atoms with Gasteiger partial charge in [-0.2, -0.15) is 149 Å². The highest BCUT2D eigenvalue weighted by Crippen LogP contribution is 2.66. The molecule has 0 aromatic rings. The van der Waals surface area contributed by atoms with Crippen molar-refractivity contribution in [3.8, 4) is 0 Å². The quantitative estimate of drug-likeness (QED) is 0.111. The average molecular weight is 906 g/mol. The number of hydrogen-bond donors (Lipinski definition) is 0. The van der Waals surface area contributed by atoms with E-state index >= 15 is 0 Å². The topological polar surface area (TPSA) is 9.23 Å². The molecule has 0 fully saturated rings. The molecule has 55 heavy (non-hydrogen) atoms. The highest BCUT2D eigenvalue weighted by atomic mass is 19.4. The predicted octanol–water partition coefficient (Wildman–Crippen LogP) is 12.0. The second-order valence-electron chi connectivity index (χ2n) is 9.88. The van der Waals surface area contributed by atoms with Gasteiger partial charge in [-0.15, -0.1) is 0 Å². The maximum Gasteiger partial charge on any atom is 0.460 e. The Hall–Kier alpha value is -3.10. The lowest BCUT2D eigenvalue weighted by Gasteiger charge is -2.42. The van der Waals surface area contributed by atoms with E-state index in [4.69, 9.17) is 0 Å². The Labute approximate surface area is 275 Å². The van der Waals surface area contributed by atoms with Gasteiger partial charge in [0.05, 0.1) is 12.5 Å². The Kier molecular flexibility index (Phi) is 12.5. The van der Waals surface area contributed by atoms with Crippen LogP contribution in [0.4, 0.5) is 149 Å². The van der Waals surface area contributed by atoms with Crippen LogP contribution in [0.2, 0.25) is 0 Å². The van der Waals surface area contributed by atoms with Crippen LogP contribution in [0.25, 0.3) is 0 Å². The normalized spacial score (nSPS) is 17.1. The zero-order valence-corrected chi connectivity index (χ0v) is 23.6. The van der Waals surface area contributed by atoms with Gasteiger partial charge in [0.2, 0.25) is 0 Å². The fraction of sp³-hybridized carbons (Fsp3) is 0.800. The van der Waals surface area contributed by atoms with Crippen LogP contribution < -0.4 is 0 Å². The van der Waals surface area contributed by atoms with E-state index in [0.29, 0.717) is 0 Å². The van der Waals surface area contributed by atoms with Crippen LogP contribution in [-0.4, -0.2) is 95.3 Å². The first-order valence-corrected chi connectivity index (χ1v) is 11.6. The molecule has 1 nitrogen and oxygen atoms in total. The van der Waals surface area contributed by atoms with E-state index in [9.17, 15) is 149 Å². The molecule has 0 saturated carbocycles. The molecule has 0 aromatic carbocycles. The summed E-state index contributed by atoms with van der Waals surface area (Å²) in [4.78, 5) is 0. The monoisotopic (exact) mass is 906 g/mol. The van der Waals surface area contributed by atoms with Gasteiger partial charge in [-0.25, -0.2) is 0 Å². The van der Waals surface area contributed by atoms with Crippen molar-refractivity contribution < 1.29 is 154 Å². The van der Waals surface area contributed by atoms with Crippen LogP contribution >= 0.6 is 0 Å². The number of halogens is 34. The van der Waals surface area contributed by atoms with Gasteiger partial charge in [0.15, 0.2) is 0 Å². The van der Waals surface area contributed by atoms with Crippen LogP contribution in [0.3, 0.4) is 0 Å². The van der Waals surface area contributed by atoms with Crippen LogP contribution in [0.5, 0.6) is 0 Å². The summed E-state index contributed by atoms with van der Waals surface area (Å²) in [6.45, 7) is 0. The first-order valence-electron chi connectivity index (χ1n) is 11.6. The molecule has 0 aromatic heterocycles. The van der Waals surface area contributed by atoms with Crippen molar-refractivity contribution in [1.29, 1.82) is 0 Å². The van der Waals surface area contributed by atoms with Crippen LogP contribution in [-0.2, 0) is 4.74 Å². The fourth-order valence-electron chi connectivity index (χ4n) is 2.86. The Morgan fingerprint density at radius 3 is 0.509 bits per heavy atom. The van der Waals surface area contributed by atoms with Gasteiger partial charge < -0.3 is 4.74 Å². The van der Waals surface area contributed by atoms with Gasteiger partial charge in [-0.3, -0.25) is 0 Å². The molecule has 0 N–H and O–H groups in total. The lowest BCUT2D eigenvalue weighted by Crippen LogP contribution is -2.74. The number of allylic oxidation sites excluding steroid dienone is 2. The molecule has 0 rings (SSSR count). The summed E-state index contributed by atoms with van der Waals surface area (Å²) in [5.74, 6) is -122. The molecule has 328 valence electrons. The van der Waals surface area contributed by atoms with Gasteiger partial charge in [0.25, 0.3) is 0 Å². The number of hydrogen-bond acceptors (Lipinski definition) is 1. The molecule has 0 aliphatic carbocycles. The van der Waals surface area contributed by atoms with Crippen molar-refractivity contribution in [3.05, 3.63) is 24.7 Å². The van der Waals surface area contributed by atoms with Crippen molar-refractivity contribution in [2.45, 2.75) is 95.3 Å². The van der Waals surface area contributed by atoms with E-state index in [1.54, 1.807) is 0 Å². The summed E-state index contributed by atoms with van der Waals surface area (Å²) in [6, 6.07) is 0. The maximum atomic E-state index is 13.7. The Morgan fingerprint density at radius 2 is 0.345 bits per heavy atom. The molecule has 0 aliphatic rings. The molecule has 0 radical (unpaired) electrons. The lowest BCUT2D eigenvalue weighted by molar-refractivity contribution is -0.459. The van der Waals surface area contributed by atoms with Crippen LogP contribution in [0.15, 0.2) is 24.7 Å². The highest BCUT2D eigenvalue weighted by Gasteiger charge is 2.96. The minimum Gasteiger partial charge on any atom is -0.473 e. The third kappa shape index (κ3) is 6.89. The highest BCUT2D eigenvalue weighted by molar-refractivity contribution is 5.19. The largest absolute Gasteiger partial charge is 0.473 e. The zero-order chi connectivity index (χ0) is 45.5. The molecule has 0 bridgehead atoms. The molecular formula is C20H4F34O. The van der Waals surface area contributed by atoms with E-state index in [2.05, 4.69) is 4.74 Å². The predicted molar refractivity (Wildman–Crippen MR) is 101 cm³/mol. The third-order valence-corrected chi connectivity index (χ3v) is 6.20. The molecule has 0 spiro atoms. The van der Waals surface area contributed by atoms with Crippen molar-refractivity contribution in [3.63, 3.8) is 0 Å². The lowest BCUT2D eigenvalue weighted by atomic mass is 9.89. The minimum atomic E-state index is -9.15. The summed E-state index contributed by atoms with van der Waals surface area (Å²) in [7, 11) is 0. The molecule has 0 aliphatic heterocycles. The smallest absolute Gasteiger partial charge is 0.460 e. The van der Waals surface area contributed by atoms with Gasteiger partial charge in [-0.05, 0) is 0 Å². The minimum absolute atomic E-state index is 1.78. The Morgan fingerprint density at radius 1 is 0.200 bits per heavy atom. The molecule has 35 heteroatoms. The van der Waals surface area contributed by atoms with Crippen LogP contribution in [0, 0.1) is 0 Å². The summed E-state index contributed by atoms with van der Waals surface area (Å²) in [6.07, 6.45) is -24.6. The second-order valence-corrected chi connectivity index (χ2v) is 9.88. The first-order chi connectivity index (χ1) is 23.2. The van der Waals surface area contributed by atoms with Gasteiger partial charge >= 0.3 is 95.3 Å². The van der Waals surface area contributed by atoms with Crippen molar-refractivity contribution in [2.24, 2.45) is 0 Å². The van der Waals surface area contributed by atoms with E-state index in [1.165, 1.54) is 0 Å². The van der Waals surface area contributed by atoms with Crippen molar-refractivity contribution in [1.82, 2.24) is 0 Å². The molecule has 0 atom stereocenters. The third-order valence-electron chi connectivity index (χ3n) is 6.20. The number of rotatable bonds is 16. The molecule has 0 heterocycles. The van der Waals surface area contributed by atoms with Crippen molar-refractivity contribution >= 4 is 0 Å². The standard InChI is InChI=1S/C20H4F34O/c21-5(22,7(25,26)9(29,30)11(33,34)13(37,38)15(41,42)17(45,46)19(49,50)51)1-3-55-4-2-6(23,24)8(27,28)10(31,32)12(35,36)14(39,40)16(43,44)18(47,48)20(52,53)54/h1-4H. The average Bonchev–Trinajstić information content (AvgIpc) is 2.94. The molecule has 0 unspecified atom stereocenters. The maximum absolute atomic E-state index is 13.7. The second kappa shape index (κ2) is 13.2. The molecule has 0 amide bonds. The summed E-state index contributed by atoms with van der Waals surface area (Å²) < 4.78 is 450. The van der Waals surface area contributed by atoms with Gasteiger partial charge in [0.1, 0.15) is 0 Å². The van der Waals surface area contributed by atoms with Crippen LogP contribution in [0.1, 0.15) is 0 Å². The number of ether oxygens (including phenoxy) is 1. The fourth-order valence-corrected chi connectivity index (χ4v) is 2.86. The molecule has 0 saturated heterocycles. The van der Waals surface area contributed by atoms with E-state index in [0.717, 1.165) is 0 Å². The van der Waals surface area contributed by atoms with Crippen molar-refractivity contribution in [2.75, 3.05) is 0 Å². The Balaban J connectivity index is 6.74. The van der Waals surface area contributed by atoms with E-state index < -0.39 is 120 Å². The summed E-state index contributed by atoms with van der Waals surface area (Å²) in [5, 5.41) is 0. The SMILES string of the molecule is FC(F)(F)C(F)(F)C(F)(F)C(F)(F)C(F)(F)C(F)(F)C(F)(F)C(F)(F)C=COC=CC(F)(F)C(F)(F)C(F)(F)C(F)(F)C(F)(F)C(F)(F)C(F)(F)C(F)(F)F. The zero-order valence-electron chi connectivity index (χ0n) is 23.6. The van der Waals surface area contributed by atoms with Gasteiger partial charge in [-0.1, -0.05) is 0 Å². The summed E-state index contributed by atoms with van der Waals surface area (Å²) in [5.41, 5.74) is 0. The molecular weight excluding hydrogens is 902 g/mol. The first kappa shape index (κ1) is 51.9. The van der Waals surface area contributed by atoms with E-state index in [1.807, 2.05) is 0 Å². The van der Waals surface area contributed by atoms with Gasteiger partial charge in [0, 0.05) is 12.2 Å². The van der Waals surface area contributed by atoms with E-state index in [-0.39, 0.29) is 0 Å². The number of alkyl halides is 34. The summed E-state index contributed by atoms with van der Waals surface area (Å²) >= 11 is 0.